The van der Waals surface area contributed by atoms with E-state index in [2.05, 4.69) is 20.3 Å². The van der Waals surface area contributed by atoms with Crippen LogP contribution in [0, 0.1) is 5.41 Å². The number of rotatable bonds is 4. The zero-order valence-electron chi connectivity index (χ0n) is 15.0. The van der Waals surface area contributed by atoms with Gasteiger partial charge in [0, 0.05) is 0 Å². The number of ether oxygens (including phenoxy) is 1. The summed E-state index contributed by atoms with van der Waals surface area (Å²) in [4.78, 5) is 24.4. The summed E-state index contributed by atoms with van der Waals surface area (Å²) in [6.07, 6.45) is 1.64. The lowest BCUT2D eigenvalue weighted by Crippen LogP contribution is -2.37. The van der Waals surface area contributed by atoms with Crippen LogP contribution >= 0.6 is 11.8 Å². The average Bonchev–Trinajstić information content (AvgIpc) is 3.13. The third-order valence-electron chi connectivity index (χ3n) is 4.14. The molecule has 0 atom stereocenters. The Morgan fingerprint density at radius 2 is 1.96 bits per heavy atom. The van der Waals surface area contributed by atoms with Crippen LogP contribution in [0.2, 0.25) is 0 Å². The third kappa shape index (κ3) is 3.81. The smallest absolute Gasteiger partial charge is 0.261 e. The monoisotopic (exact) mass is 391 g/mol. The van der Waals surface area contributed by atoms with Gasteiger partial charge in [-0.25, -0.2) is 9.98 Å². The fourth-order valence-corrected chi connectivity index (χ4v) is 3.47. The zero-order chi connectivity index (χ0) is 19.5. The topological polar surface area (TPSA) is 103 Å². The molecule has 4 rings (SSSR count). The number of H-pyrrole nitrogens is 1. The molecule has 8 heteroatoms. The highest BCUT2D eigenvalue weighted by molar-refractivity contribution is 8.13. The van der Waals surface area contributed by atoms with E-state index in [-0.39, 0.29) is 17.3 Å². The second-order valence-electron chi connectivity index (χ2n) is 6.04. The highest BCUT2D eigenvalue weighted by Crippen LogP contribution is 2.20. The second kappa shape index (κ2) is 7.69. The Kier molecular flexibility index (Phi) is 4.94. The molecule has 3 aromatic rings. The van der Waals surface area contributed by atoms with Crippen LogP contribution in [0.25, 0.3) is 17.1 Å². The van der Waals surface area contributed by atoms with E-state index in [0.29, 0.717) is 10.9 Å². The predicted octanol–water partition coefficient (Wildman–Crippen LogP) is 3.35. The Hall–Kier alpha value is -3.39. The molecule has 0 fully saturated rings. The van der Waals surface area contributed by atoms with E-state index >= 15 is 0 Å². The van der Waals surface area contributed by atoms with E-state index in [1.807, 2.05) is 36.4 Å². The van der Waals surface area contributed by atoms with Gasteiger partial charge in [-0.15, -0.1) is 0 Å². The summed E-state index contributed by atoms with van der Waals surface area (Å²) >= 11 is 1.33. The van der Waals surface area contributed by atoms with Crippen LogP contribution in [-0.2, 0) is 10.5 Å². The SMILES string of the molecule is COc1ccc(/C=C2\C(=N)N=C(SCc3nc4ccccc4[nH]3)NC2=O)cc1. The summed E-state index contributed by atoms with van der Waals surface area (Å²) in [6.45, 7) is 0. The number of amidine groups is 2. The van der Waals surface area contributed by atoms with Crippen LogP contribution in [0.5, 0.6) is 5.75 Å². The third-order valence-corrected chi connectivity index (χ3v) is 5.03. The van der Waals surface area contributed by atoms with Crippen molar-refractivity contribution in [2.45, 2.75) is 5.75 Å². The molecule has 0 saturated carbocycles. The summed E-state index contributed by atoms with van der Waals surface area (Å²) in [5.74, 6) is 1.62. The first-order valence-corrected chi connectivity index (χ1v) is 9.52. The van der Waals surface area contributed by atoms with Gasteiger partial charge in [0.15, 0.2) is 11.0 Å². The van der Waals surface area contributed by atoms with Gasteiger partial charge in [0.05, 0.1) is 29.5 Å². The molecule has 0 spiro atoms. The Bertz CT molecular complexity index is 1080. The Balaban J connectivity index is 1.47. The van der Waals surface area contributed by atoms with Crippen LogP contribution in [0.4, 0.5) is 0 Å². The van der Waals surface area contributed by atoms with Gasteiger partial charge in [0.2, 0.25) is 0 Å². The molecule has 1 amide bonds. The number of para-hydroxylation sites is 2. The maximum atomic E-state index is 12.4. The van der Waals surface area contributed by atoms with E-state index < -0.39 is 0 Å². The summed E-state index contributed by atoms with van der Waals surface area (Å²) in [6, 6.07) is 15.0. The normalized spacial score (nSPS) is 15.6. The van der Waals surface area contributed by atoms with Crippen molar-refractivity contribution in [2.75, 3.05) is 7.11 Å². The van der Waals surface area contributed by atoms with Gasteiger partial charge in [-0.05, 0) is 35.9 Å². The van der Waals surface area contributed by atoms with Crippen molar-refractivity contribution < 1.29 is 9.53 Å². The van der Waals surface area contributed by atoms with Crippen molar-refractivity contribution >= 4 is 45.8 Å². The number of amides is 1. The lowest BCUT2D eigenvalue weighted by atomic mass is 10.1. The quantitative estimate of drug-likeness (QED) is 0.593. The number of benzene rings is 2. The van der Waals surface area contributed by atoms with E-state index in [9.17, 15) is 4.79 Å². The lowest BCUT2D eigenvalue weighted by molar-refractivity contribution is -0.115. The summed E-state index contributed by atoms with van der Waals surface area (Å²) in [7, 11) is 1.59. The van der Waals surface area contributed by atoms with Gasteiger partial charge >= 0.3 is 0 Å². The molecule has 0 bridgehead atoms. The molecule has 140 valence electrons. The van der Waals surface area contributed by atoms with Crippen LogP contribution in [-0.4, -0.2) is 34.0 Å². The van der Waals surface area contributed by atoms with E-state index in [1.54, 1.807) is 25.3 Å². The standard InChI is InChI=1S/C20H17N5O2S/c1-27-13-8-6-12(7-9-13)10-14-18(21)24-20(25-19(14)26)28-11-17-22-15-4-2-3-5-16(15)23-17/h2-10H,11H2,1H3,(H,22,23)(H2,21,24,25,26)/b14-10+. The van der Waals surface area contributed by atoms with Crippen LogP contribution in [0.1, 0.15) is 11.4 Å². The molecule has 2 aromatic carbocycles. The number of aliphatic imine (C=N–C) groups is 1. The molecule has 0 unspecified atom stereocenters. The maximum Gasteiger partial charge on any atom is 0.261 e. The molecule has 28 heavy (non-hydrogen) atoms. The minimum Gasteiger partial charge on any atom is -0.497 e. The molecule has 0 saturated heterocycles. The fourth-order valence-electron chi connectivity index (χ4n) is 2.74. The number of methoxy groups -OCH3 is 1. The number of nitrogens with zero attached hydrogens (tertiary/aromatic N) is 2. The largest absolute Gasteiger partial charge is 0.497 e. The van der Waals surface area contributed by atoms with Gasteiger partial charge in [0.25, 0.3) is 5.91 Å². The second-order valence-corrected chi connectivity index (χ2v) is 7.00. The van der Waals surface area contributed by atoms with Crippen molar-refractivity contribution in [2.24, 2.45) is 4.99 Å². The van der Waals surface area contributed by atoms with Gasteiger partial charge < -0.3 is 15.0 Å². The van der Waals surface area contributed by atoms with Gasteiger partial charge in [-0.1, -0.05) is 36.0 Å². The summed E-state index contributed by atoms with van der Waals surface area (Å²) in [5.41, 5.74) is 2.87. The van der Waals surface area contributed by atoms with Crippen molar-refractivity contribution in [1.82, 2.24) is 15.3 Å². The lowest BCUT2D eigenvalue weighted by Gasteiger charge is -2.15. The number of carbonyl (C=O) groups is 1. The van der Waals surface area contributed by atoms with Crippen molar-refractivity contribution in [3.05, 3.63) is 65.5 Å². The first-order chi connectivity index (χ1) is 13.6. The molecule has 1 aromatic heterocycles. The van der Waals surface area contributed by atoms with Crippen molar-refractivity contribution in [1.29, 1.82) is 5.41 Å². The minimum atomic E-state index is -0.345. The molecule has 7 nitrogen and oxygen atoms in total. The number of hydrogen-bond acceptors (Lipinski definition) is 5. The summed E-state index contributed by atoms with van der Waals surface area (Å²) < 4.78 is 5.12. The van der Waals surface area contributed by atoms with Crippen LogP contribution in [0.3, 0.4) is 0 Å². The van der Waals surface area contributed by atoms with E-state index in [1.165, 1.54) is 11.8 Å². The number of imidazole rings is 1. The van der Waals surface area contributed by atoms with Gasteiger partial charge in [-0.2, -0.15) is 0 Å². The number of fused-ring (bicyclic) bond motifs is 1. The Morgan fingerprint density at radius 3 is 2.68 bits per heavy atom. The fraction of sp³-hybridized carbons (Fsp3) is 0.100. The minimum absolute atomic E-state index is 0.0633. The molecule has 1 aliphatic heterocycles. The zero-order valence-corrected chi connectivity index (χ0v) is 15.8. The first kappa shape index (κ1) is 18.0. The number of hydrogen-bond donors (Lipinski definition) is 3. The Morgan fingerprint density at radius 1 is 1.18 bits per heavy atom. The van der Waals surface area contributed by atoms with Gasteiger partial charge in [0.1, 0.15) is 11.6 Å². The van der Waals surface area contributed by atoms with Gasteiger partial charge in [-0.3, -0.25) is 10.2 Å². The molecule has 0 radical (unpaired) electrons. The van der Waals surface area contributed by atoms with Crippen molar-refractivity contribution in [3.63, 3.8) is 0 Å². The van der Waals surface area contributed by atoms with E-state index in [0.717, 1.165) is 28.2 Å². The maximum absolute atomic E-state index is 12.4. The molecule has 3 N–H and O–H groups in total. The molecular formula is C20H17N5O2S. The van der Waals surface area contributed by atoms with Crippen LogP contribution in [0.15, 0.2) is 59.1 Å². The number of aromatic nitrogens is 2. The molecule has 1 aliphatic rings. The highest BCUT2D eigenvalue weighted by atomic mass is 32.2. The first-order valence-electron chi connectivity index (χ1n) is 8.53. The average molecular weight is 391 g/mol. The molecular weight excluding hydrogens is 374 g/mol. The number of aromatic amines is 1. The van der Waals surface area contributed by atoms with Crippen LogP contribution < -0.4 is 10.1 Å². The summed E-state index contributed by atoms with van der Waals surface area (Å²) in [5, 5.41) is 11.3. The number of nitrogens with one attached hydrogen (secondary N) is 3. The predicted molar refractivity (Wildman–Crippen MR) is 112 cm³/mol. The number of carbonyl (C=O) groups excluding carboxylic acids is 1. The highest BCUT2D eigenvalue weighted by Gasteiger charge is 2.23. The number of thioether (sulfide) groups is 1. The van der Waals surface area contributed by atoms with E-state index in [4.69, 9.17) is 10.1 Å². The molecule has 2 heterocycles. The van der Waals surface area contributed by atoms with Crippen molar-refractivity contribution in [3.8, 4) is 5.75 Å². The Labute approximate surface area is 165 Å². The molecule has 0 aliphatic carbocycles.